The van der Waals surface area contributed by atoms with Gasteiger partial charge in [0.05, 0.1) is 20.1 Å². The van der Waals surface area contributed by atoms with Crippen molar-refractivity contribution in [3.8, 4) is 11.5 Å². The number of allylic oxidation sites excluding steroid dienone is 2. The molecule has 0 radical (unpaired) electrons. The number of hydrogen-bond acceptors (Lipinski definition) is 5. The van der Waals surface area contributed by atoms with E-state index in [-0.39, 0.29) is 18.0 Å². The van der Waals surface area contributed by atoms with E-state index in [0.717, 1.165) is 56.0 Å². The Labute approximate surface area is 201 Å². The Hall–Kier alpha value is -2.79. The highest BCUT2D eigenvalue weighted by molar-refractivity contribution is 5.76. The van der Waals surface area contributed by atoms with E-state index >= 15 is 0 Å². The molecular weight excluding hydrogens is 428 g/mol. The van der Waals surface area contributed by atoms with E-state index in [9.17, 15) is 4.79 Å². The normalized spacial score (nSPS) is 24.3. The first-order chi connectivity index (χ1) is 16.7. The molecule has 2 aromatic rings. The van der Waals surface area contributed by atoms with Crippen LogP contribution in [0.5, 0.6) is 11.5 Å². The first kappa shape index (κ1) is 21.7. The van der Waals surface area contributed by atoms with Crippen LogP contribution in [0.3, 0.4) is 0 Å². The zero-order valence-electron chi connectivity index (χ0n) is 19.8. The second-order valence-electron chi connectivity index (χ2n) is 10.1. The first-order valence-corrected chi connectivity index (χ1v) is 12.6. The SMILES string of the molecule is COC(=O)CC1COc2cc(OC3CCc4c(C5=CCCC56CCOCC6)cccc43)ccc21. The summed E-state index contributed by atoms with van der Waals surface area (Å²) < 4.78 is 22.9. The zero-order valence-corrected chi connectivity index (χ0v) is 19.8. The third-order valence-electron chi connectivity index (χ3n) is 8.28. The Morgan fingerprint density at radius 2 is 2.00 bits per heavy atom. The minimum absolute atomic E-state index is 0.0449. The third kappa shape index (κ3) is 3.70. The summed E-state index contributed by atoms with van der Waals surface area (Å²) in [6.45, 7) is 2.25. The molecule has 1 fully saturated rings. The highest BCUT2D eigenvalue weighted by Crippen LogP contribution is 2.53. The van der Waals surface area contributed by atoms with Crippen molar-refractivity contribution in [2.75, 3.05) is 26.9 Å². The van der Waals surface area contributed by atoms with Gasteiger partial charge in [-0.05, 0) is 66.9 Å². The predicted molar refractivity (Wildman–Crippen MR) is 129 cm³/mol. The van der Waals surface area contributed by atoms with E-state index in [1.807, 2.05) is 18.2 Å². The minimum Gasteiger partial charge on any atom is -0.492 e. The molecule has 6 rings (SSSR count). The molecule has 178 valence electrons. The van der Waals surface area contributed by atoms with Crippen molar-refractivity contribution in [1.29, 1.82) is 0 Å². The molecule has 2 aliphatic carbocycles. The molecule has 0 bridgehead atoms. The first-order valence-electron chi connectivity index (χ1n) is 12.6. The van der Waals surface area contributed by atoms with Crippen molar-refractivity contribution < 1.29 is 23.7 Å². The van der Waals surface area contributed by atoms with Gasteiger partial charge in [0, 0.05) is 36.2 Å². The molecule has 0 saturated carbocycles. The summed E-state index contributed by atoms with van der Waals surface area (Å²) in [4.78, 5) is 11.7. The number of ether oxygens (including phenoxy) is 4. The van der Waals surface area contributed by atoms with E-state index in [1.165, 1.54) is 36.6 Å². The number of hydrogen-bond donors (Lipinski definition) is 0. The molecule has 0 amide bonds. The number of carbonyl (C=O) groups is 1. The fourth-order valence-electron chi connectivity index (χ4n) is 6.46. The van der Waals surface area contributed by atoms with Gasteiger partial charge in [0.2, 0.25) is 0 Å². The fourth-order valence-corrected chi connectivity index (χ4v) is 6.46. The zero-order chi connectivity index (χ0) is 23.1. The third-order valence-corrected chi connectivity index (χ3v) is 8.28. The molecule has 0 N–H and O–H groups in total. The molecule has 34 heavy (non-hydrogen) atoms. The van der Waals surface area contributed by atoms with Gasteiger partial charge in [-0.15, -0.1) is 0 Å². The van der Waals surface area contributed by atoms with Crippen molar-refractivity contribution >= 4 is 11.5 Å². The van der Waals surface area contributed by atoms with Crippen LogP contribution in [0.2, 0.25) is 0 Å². The molecule has 2 atom stereocenters. The Bertz CT molecular complexity index is 1130. The second-order valence-corrected chi connectivity index (χ2v) is 10.1. The summed E-state index contributed by atoms with van der Waals surface area (Å²) in [5.74, 6) is 1.47. The maximum absolute atomic E-state index is 11.7. The number of carbonyl (C=O) groups excluding carboxylic acids is 1. The summed E-state index contributed by atoms with van der Waals surface area (Å²) in [5, 5.41) is 0. The fraction of sp³-hybridized carbons (Fsp3) is 0.483. The van der Waals surface area contributed by atoms with Gasteiger partial charge >= 0.3 is 5.97 Å². The summed E-state index contributed by atoms with van der Waals surface area (Å²) >= 11 is 0. The van der Waals surface area contributed by atoms with Gasteiger partial charge < -0.3 is 18.9 Å². The van der Waals surface area contributed by atoms with Crippen LogP contribution in [0.15, 0.2) is 42.5 Å². The minimum atomic E-state index is -0.208. The van der Waals surface area contributed by atoms with Crippen LogP contribution in [0.4, 0.5) is 0 Å². The van der Waals surface area contributed by atoms with E-state index in [0.29, 0.717) is 18.4 Å². The summed E-state index contributed by atoms with van der Waals surface area (Å²) in [6, 6.07) is 12.8. The molecule has 5 heteroatoms. The van der Waals surface area contributed by atoms with E-state index in [4.69, 9.17) is 18.9 Å². The number of methoxy groups -OCH3 is 1. The van der Waals surface area contributed by atoms with Crippen molar-refractivity contribution in [2.24, 2.45) is 5.41 Å². The van der Waals surface area contributed by atoms with E-state index in [1.54, 1.807) is 5.57 Å². The Morgan fingerprint density at radius 3 is 2.85 bits per heavy atom. The molecule has 2 aliphatic heterocycles. The van der Waals surface area contributed by atoms with Gasteiger partial charge in [0.15, 0.2) is 0 Å². The molecule has 2 aromatic carbocycles. The monoisotopic (exact) mass is 460 g/mol. The lowest BCUT2D eigenvalue weighted by molar-refractivity contribution is -0.141. The van der Waals surface area contributed by atoms with Crippen LogP contribution >= 0.6 is 0 Å². The summed E-state index contributed by atoms with van der Waals surface area (Å²) in [5.41, 5.74) is 7.12. The lowest BCUT2D eigenvalue weighted by atomic mass is 9.71. The maximum atomic E-state index is 11.7. The average Bonchev–Trinajstić information content (AvgIpc) is 3.57. The highest BCUT2D eigenvalue weighted by Gasteiger charge is 2.41. The molecule has 0 aromatic heterocycles. The lowest BCUT2D eigenvalue weighted by Gasteiger charge is -2.37. The predicted octanol–water partition coefficient (Wildman–Crippen LogP) is 5.77. The van der Waals surface area contributed by atoms with Crippen molar-refractivity contribution in [2.45, 2.75) is 57.0 Å². The van der Waals surface area contributed by atoms with Crippen LogP contribution in [0.25, 0.3) is 5.57 Å². The Kier molecular flexibility index (Phi) is 5.60. The van der Waals surface area contributed by atoms with Crippen molar-refractivity contribution in [1.82, 2.24) is 0 Å². The maximum Gasteiger partial charge on any atom is 0.306 e. The summed E-state index contributed by atoms with van der Waals surface area (Å²) in [6.07, 6.45) is 9.59. The molecule has 2 heterocycles. The van der Waals surface area contributed by atoms with Gasteiger partial charge in [0.1, 0.15) is 17.6 Å². The quantitative estimate of drug-likeness (QED) is 0.531. The van der Waals surface area contributed by atoms with Gasteiger partial charge in [0.25, 0.3) is 0 Å². The topological polar surface area (TPSA) is 54.0 Å². The van der Waals surface area contributed by atoms with Gasteiger partial charge in [-0.1, -0.05) is 30.3 Å². The van der Waals surface area contributed by atoms with E-state index < -0.39 is 0 Å². The number of fused-ring (bicyclic) bond motifs is 2. The van der Waals surface area contributed by atoms with Crippen molar-refractivity contribution in [3.63, 3.8) is 0 Å². The van der Waals surface area contributed by atoms with Gasteiger partial charge in [-0.25, -0.2) is 0 Å². The number of benzene rings is 2. The van der Waals surface area contributed by atoms with E-state index in [2.05, 4.69) is 24.3 Å². The number of esters is 1. The highest BCUT2D eigenvalue weighted by atomic mass is 16.5. The standard InChI is InChI=1S/C29H32O5/c1-31-28(30)16-19-18-33-27-17-20(7-8-21(19)27)34-26-10-9-22-23(4-2-5-24(22)26)25-6-3-11-29(25)12-14-32-15-13-29/h2,4-8,17,19,26H,3,9-16,18H2,1H3. The van der Waals surface area contributed by atoms with Crippen LogP contribution in [0.1, 0.15) is 72.8 Å². The molecule has 1 saturated heterocycles. The molecular formula is C29H32O5. The second kappa shape index (κ2) is 8.77. The molecule has 1 spiro atoms. The van der Waals surface area contributed by atoms with Gasteiger partial charge in [-0.3, -0.25) is 4.79 Å². The van der Waals surface area contributed by atoms with Crippen LogP contribution in [0, 0.1) is 5.41 Å². The molecule has 5 nitrogen and oxygen atoms in total. The summed E-state index contributed by atoms with van der Waals surface area (Å²) in [7, 11) is 1.42. The lowest BCUT2D eigenvalue weighted by Crippen LogP contribution is -2.29. The smallest absolute Gasteiger partial charge is 0.306 e. The van der Waals surface area contributed by atoms with Crippen molar-refractivity contribution in [3.05, 3.63) is 64.7 Å². The number of rotatable bonds is 5. The van der Waals surface area contributed by atoms with Crippen LogP contribution < -0.4 is 9.47 Å². The molecule has 4 aliphatic rings. The average molecular weight is 461 g/mol. The van der Waals surface area contributed by atoms with Crippen LogP contribution in [-0.4, -0.2) is 32.9 Å². The molecule has 2 unspecified atom stereocenters. The largest absolute Gasteiger partial charge is 0.492 e. The van der Waals surface area contributed by atoms with Gasteiger partial charge in [-0.2, -0.15) is 0 Å². The Morgan fingerprint density at radius 1 is 1.12 bits per heavy atom. The Balaban J connectivity index is 1.22. The van der Waals surface area contributed by atoms with Crippen LogP contribution in [-0.2, 0) is 20.7 Å².